The molecule has 1 aliphatic rings. The lowest BCUT2D eigenvalue weighted by Crippen LogP contribution is -2.32. The third-order valence-electron chi connectivity index (χ3n) is 5.35. The number of benzene rings is 2. The summed E-state index contributed by atoms with van der Waals surface area (Å²) in [5, 5.41) is 11.8. The molecule has 0 aliphatic carbocycles. The zero-order chi connectivity index (χ0) is 24.2. The molecule has 4 N–H and O–H groups in total. The molecule has 176 valence electrons. The third kappa shape index (κ3) is 4.72. The molecule has 9 nitrogen and oxygen atoms in total. The molecule has 2 heterocycles. The Hall–Kier alpha value is -3.92. The number of halogens is 2. The van der Waals surface area contributed by atoms with E-state index in [4.69, 9.17) is 11.6 Å². The summed E-state index contributed by atoms with van der Waals surface area (Å²) in [5.41, 5.74) is 2.00. The summed E-state index contributed by atoms with van der Waals surface area (Å²) in [7, 11) is 1.46. The topological polar surface area (TPSA) is 111 Å². The second kappa shape index (κ2) is 9.92. The average Bonchev–Trinajstić information content (AvgIpc) is 2.99. The molecule has 0 radical (unpaired) electrons. The summed E-state index contributed by atoms with van der Waals surface area (Å²) < 4.78 is 14.5. The van der Waals surface area contributed by atoms with E-state index in [0.29, 0.717) is 36.6 Å². The SMILES string of the molecule is CCN1CCNc2cc(Nc3ncc(Cl)c(Nc4c(F)cccc4C(=O)NC)n3)ccc2C1=O. The van der Waals surface area contributed by atoms with Crippen molar-refractivity contribution >= 4 is 52.2 Å². The summed E-state index contributed by atoms with van der Waals surface area (Å²) in [5.74, 6) is -0.803. The van der Waals surface area contributed by atoms with Gasteiger partial charge in [0.2, 0.25) is 5.95 Å². The van der Waals surface area contributed by atoms with E-state index in [1.54, 1.807) is 23.1 Å². The van der Waals surface area contributed by atoms with Crippen LogP contribution in [0.25, 0.3) is 0 Å². The van der Waals surface area contributed by atoms with Crippen LogP contribution in [0.5, 0.6) is 0 Å². The number of likely N-dealkylation sites (N-methyl/N-ethyl adjacent to an activating group) is 1. The summed E-state index contributed by atoms with van der Waals surface area (Å²) in [6, 6.07) is 9.46. The largest absolute Gasteiger partial charge is 0.383 e. The van der Waals surface area contributed by atoms with Crippen molar-refractivity contribution in [3.63, 3.8) is 0 Å². The average molecular weight is 484 g/mol. The van der Waals surface area contributed by atoms with Crippen LogP contribution in [0, 0.1) is 5.82 Å². The predicted molar refractivity (Wildman–Crippen MR) is 130 cm³/mol. The highest BCUT2D eigenvalue weighted by Crippen LogP contribution is 2.30. The third-order valence-corrected chi connectivity index (χ3v) is 5.62. The minimum atomic E-state index is -0.632. The van der Waals surface area contributed by atoms with Crippen molar-refractivity contribution in [1.29, 1.82) is 0 Å². The Morgan fingerprint density at radius 3 is 2.85 bits per heavy atom. The van der Waals surface area contributed by atoms with Crippen LogP contribution in [0.1, 0.15) is 27.6 Å². The Morgan fingerprint density at radius 2 is 2.09 bits per heavy atom. The zero-order valence-electron chi connectivity index (χ0n) is 18.6. The molecular formula is C23H23ClFN7O2. The van der Waals surface area contributed by atoms with Crippen molar-refractivity contribution in [3.8, 4) is 0 Å². The molecule has 2 aromatic carbocycles. The smallest absolute Gasteiger partial charge is 0.256 e. The molecule has 0 fully saturated rings. The van der Waals surface area contributed by atoms with E-state index >= 15 is 0 Å². The first kappa shape index (κ1) is 23.2. The van der Waals surface area contributed by atoms with Gasteiger partial charge in [0.1, 0.15) is 10.8 Å². The fourth-order valence-corrected chi connectivity index (χ4v) is 3.73. The van der Waals surface area contributed by atoms with Crippen LogP contribution in [0.15, 0.2) is 42.6 Å². The van der Waals surface area contributed by atoms with Crippen molar-refractivity contribution < 1.29 is 14.0 Å². The summed E-state index contributed by atoms with van der Waals surface area (Å²) in [6.45, 7) is 3.84. The second-order valence-corrected chi connectivity index (χ2v) is 7.86. The van der Waals surface area contributed by atoms with Crippen molar-refractivity contribution in [2.24, 2.45) is 0 Å². The maximum absolute atomic E-state index is 14.5. The van der Waals surface area contributed by atoms with E-state index in [0.717, 1.165) is 0 Å². The quantitative estimate of drug-likeness (QED) is 0.419. The Labute approximate surface area is 200 Å². The van der Waals surface area contributed by atoms with Gasteiger partial charge >= 0.3 is 0 Å². The molecule has 4 rings (SSSR count). The molecule has 2 amide bonds. The maximum Gasteiger partial charge on any atom is 0.256 e. The van der Waals surface area contributed by atoms with Gasteiger partial charge in [-0.3, -0.25) is 9.59 Å². The Balaban J connectivity index is 1.60. The number of aromatic nitrogens is 2. The number of nitrogens with zero attached hydrogens (tertiary/aromatic N) is 3. The van der Waals surface area contributed by atoms with Crippen LogP contribution < -0.4 is 21.3 Å². The van der Waals surface area contributed by atoms with Crippen LogP contribution in [0.4, 0.5) is 33.2 Å². The summed E-state index contributed by atoms with van der Waals surface area (Å²) in [6.07, 6.45) is 1.37. The monoisotopic (exact) mass is 483 g/mol. The van der Waals surface area contributed by atoms with E-state index in [-0.39, 0.29) is 33.9 Å². The zero-order valence-corrected chi connectivity index (χ0v) is 19.3. The van der Waals surface area contributed by atoms with E-state index in [1.807, 2.05) is 6.92 Å². The number of carbonyl (C=O) groups excluding carboxylic acids is 2. The van der Waals surface area contributed by atoms with Gasteiger partial charge in [-0.1, -0.05) is 17.7 Å². The minimum Gasteiger partial charge on any atom is -0.383 e. The molecule has 11 heteroatoms. The number of carbonyl (C=O) groups is 2. The van der Waals surface area contributed by atoms with Gasteiger partial charge in [-0.25, -0.2) is 9.37 Å². The van der Waals surface area contributed by atoms with Gasteiger partial charge in [0.15, 0.2) is 5.82 Å². The summed E-state index contributed by atoms with van der Waals surface area (Å²) in [4.78, 5) is 35.1. The minimum absolute atomic E-state index is 0.0277. The van der Waals surface area contributed by atoms with E-state index in [9.17, 15) is 14.0 Å². The molecule has 34 heavy (non-hydrogen) atoms. The molecule has 0 bridgehead atoms. The van der Waals surface area contributed by atoms with Gasteiger partial charge in [0, 0.05) is 38.1 Å². The summed E-state index contributed by atoms with van der Waals surface area (Å²) >= 11 is 6.23. The highest BCUT2D eigenvalue weighted by molar-refractivity contribution is 6.33. The predicted octanol–water partition coefficient (Wildman–Crippen LogP) is 4.00. The number of nitrogens with one attached hydrogen (secondary N) is 4. The van der Waals surface area contributed by atoms with Gasteiger partial charge in [0.05, 0.1) is 23.0 Å². The molecule has 1 aromatic heterocycles. The van der Waals surface area contributed by atoms with Crippen molar-refractivity contribution in [2.45, 2.75) is 6.92 Å². The van der Waals surface area contributed by atoms with Gasteiger partial charge in [-0.15, -0.1) is 0 Å². The molecule has 0 unspecified atom stereocenters. The number of fused-ring (bicyclic) bond motifs is 1. The Morgan fingerprint density at radius 1 is 1.26 bits per heavy atom. The van der Waals surface area contributed by atoms with E-state index in [1.165, 1.54) is 31.4 Å². The van der Waals surface area contributed by atoms with Crippen LogP contribution in [0.3, 0.4) is 0 Å². The maximum atomic E-state index is 14.5. The molecule has 0 atom stereocenters. The highest BCUT2D eigenvalue weighted by atomic mass is 35.5. The molecule has 3 aromatic rings. The number of para-hydroxylation sites is 1. The molecule has 0 spiro atoms. The number of rotatable bonds is 6. The van der Waals surface area contributed by atoms with E-state index < -0.39 is 11.7 Å². The highest BCUT2D eigenvalue weighted by Gasteiger charge is 2.21. The number of anilines is 5. The van der Waals surface area contributed by atoms with Crippen LogP contribution >= 0.6 is 11.6 Å². The molecular weight excluding hydrogens is 461 g/mol. The van der Waals surface area contributed by atoms with Gasteiger partial charge in [-0.05, 0) is 37.3 Å². The molecule has 0 saturated heterocycles. The number of amides is 2. The van der Waals surface area contributed by atoms with Gasteiger partial charge in [-0.2, -0.15) is 4.98 Å². The van der Waals surface area contributed by atoms with E-state index in [2.05, 4.69) is 31.2 Å². The lowest BCUT2D eigenvalue weighted by atomic mass is 10.1. The lowest BCUT2D eigenvalue weighted by molar-refractivity contribution is 0.0775. The second-order valence-electron chi connectivity index (χ2n) is 7.45. The first-order chi connectivity index (χ1) is 16.4. The fraction of sp³-hybridized carbons (Fsp3) is 0.217. The Bertz CT molecular complexity index is 1250. The Kier molecular flexibility index (Phi) is 6.78. The number of hydrogen-bond donors (Lipinski definition) is 4. The first-order valence-electron chi connectivity index (χ1n) is 10.7. The first-order valence-corrected chi connectivity index (χ1v) is 11.0. The standard InChI is InChI=1S/C23H23ClFN7O2/c1-3-32-10-9-27-18-11-13(7-8-14(18)22(32)34)29-23-28-12-16(24)20(31-23)30-19-15(21(33)26-2)5-4-6-17(19)25/h4-8,11-12,27H,3,9-10H2,1-2H3,(H,26,33)(H2,28,29,30,31). The fourth-order valence-electron chi connectivity index (χ4n) is 3.59. The van der Waals surface area contributed by atoms with Crippen LogP contribution in [-0.2, 0) is 0 Å². The molecule has 0 saturated carbocycles. The van der Waals surface area contributed by atoms with Gasteiger partial charge in [0.25, 0.3) is 11.8 Å². The van der Waals surface area contributed by atoms with Gasteiger partial charge < -0.3 is 26.2 Å². The van der Waals surface area contributed by atoms with Crippen molar-refractivity contribution in [3.05, 3.63) is 64.6 Å². The lowest BCUT2D eigenvalue weighted by Gasteiger charge is -2.17. The van der Waals surface area contributed by atoms with Crippen molar-refractivity contribution in [1.82, 2.24) is 20.2 Å². The molecule has 1 aliphatic heterocycles. The van der Waals surface area contributed by atoms with Crippen LogP contribution in [0.2, 0.25) is 5.02 Å². The normalized spacial score (nSPS) is 12.9. The number of hydrogen-bond acceptors (Lipinski definition) is 7. The van der Waals surface area contributed by atoms with Crippen LogP contribution in [-0.4, -0.2) is 53.4 Å². The van der Waals surface area contributed by atoms with Crippen molar-refractivity contribution in [2.75, 3.05) is 42.6 Å².